The van der Waals surface area contributed by atoms with Gasteiger partial charge in [-0.15, -0.1) is 0 Å². The van der Waals surface area contributed by atoms with E-state index in [4.69, 9.17) is 4.74 Å². The molecular formula is C15H18N2O. The lowest BCUT2D eigenvalue weighted by molar-refractivity contribution is 0.298. The van der Waals surface area contributed by atoms with E-state index in [1.165, 1.54) is 12.8 Å². The van der Waals surface area contributed by atoms with Crippen molar-refractivity contribution in [2.24, 2.45) is 5.92 Å². The number of hydrogen-bond acceptors (Lipinski definition) is 3. The van der Waals surface area contributed by atoms with E-state index in [2.05, 4.69) is 17.6 Å². The molecule has 2 rings (SSSR count). The fourth-order valence-electron chi connectivity index (χ4n) is 1.97. The first-order valence-electron chi connectivity index (χ1n) is 6.42. The van der Waals surface area contributed by atoms with Crippen LogP contribution in [0, 0.1) is 17.2 Å². The number of ether oxygens (including phenoxy) is 1. The molecule has 0 aromatic carbocycles. The van der Waals surface area contributed by atoms with Crippen LogP contribution < -0.4 is 0 Å². The van der Waals surface area contributed by atoms with Crippen molar-refractivity contribution in [3.63, 3.8) is 0 Å². The quantitative estimate of drug-likeness (QED) is 0.717. The maximum absolute atomic E-state index is 9.20. The van der Waals surface area contributed by atoms with Gasteiger partial charge in [0.15, 0.2) is 0 Å². The van der Waals surface area contributed by atoms with Crippen molar-refractivity contribution in [1.82, 2.24) is 4.98 Å². The molecule has 0 saturated heterocycles. The number of nitriles is 1. The van der Waals surface area contributed by atoms with Crippen LogP contribution in [0.25, 0.3) is 5.76 Å². The Morgan fingerprint density at radius 1 is 1.61 bits per heavy atom. The number of rotatable bonds is 6. The summed E-state index contributed by atoms with van der Waals surface area (Å²) in [5.41, 5.74) is 1.74. The summed E-state index contributed by atoms with van der Waals surface area (Å²) in [5, 5.41) is 9.20. The van der Waals surface area contributed by atoms with Crippen molar-refractivity contribution in [3.8, 4) is 6.07 Å². The second-order valence-corrected chi connectivity index (χ2v) is 4.69. The first kappa shape index (κ1) is 12.6. The molecule has 1 aliphatic rings. The molecule has 0 amide bonds. The highest BCUT2D eigenvalue weighted by molar-refractivity contribution is 5.53. The van der Waals surface area contributed by atoms with Crippen LogP contribution in [0.3, 0.4) is 0 Å². The zero-order valence-electron chi connectivity index (χ0n) is 10.7. The van der Waals surface area contributed by atoms with Crippen LogP contribution >= 0.6 is 0 Å². The van der Waals surface area contributed by atoms with E-state index in [1.54, 1.807) is 6.20 Å². The molecule has 0 N–H and O–H groups in total. The molecule has 1 aromatic heterocycles. The number of hydrogen-bond donors (Lipinski definition) is 0. The first-order chi connectivity index (χ1) is 8.74. The van der Waals surface area contributed by atoms with E-state index in [9.17, 15) is 5.26 Å². The SMILES string of the molecule is C=C(OCC)c1ccc([C@@H](C#N)CC2CC2)cn1. The molecule has 1 heterocycles. The Labute approximate surface area is 108 Å². The lowest BCUT2D eigenvalue weighted by Gasteiger charge is -2.10. The minimum Gasteiger partial charge on any atom is -0.492 e. The van der Waals surface area contributed by atoms with Gasteiger partial charge in [-0.25, -0.2) is 0 Å². The summed E-state index contributed by atoms with van der Waals surface area (Å²) in [7, 11) is 0. The van der Waals surface area contributed by atoms with Crippen LogP contribution in [0.2, 0.25) is 0 Å². The summed E-state index contributed by atoms with van der Waals surface area (Å²) in [4.78, 5) is 4.32. The second kappa shape index (κ2) is 5.68. The van der Waals surface area contributed by atoms with Crippen LogP contribution in [0.4, 0.5) is 0 Å². The van der Waals surface area contributed by atoms with Crippen LogP contribution in [-0.2, 0) is 4.74 Å². The van der Waals surface area contributed by atoms with Crippen molar-refractivity contribution in [3.05, 3.63) is 36.2 Å². The van der Waals surface area contributed by atoms with Crippen molar-refractivity contribution >= 4 is 5.76 Å². The molecule has 1 atom stereocenters. The normalized spacial score (nSPS) is 15.8. The summed E-state index contributed by atoms with van der Waals surface area (Å²) in [5.74, 6) is 1.30. The molecule has 1 fully saturated rings. The number of aromatic nitrogens is 1. The second-order valence-electron chi connectivity index (χ2n) is 4.69. The summed E-state index contributed by atoms with van der Waals surface area (Å²) in [6, 6.07) is 6.21. The highest BCUT2D eigenvalue weighted by Gasteiger charge is 2.26. The monoisotopic (exact) mass is 242 g/mol. The van der Waals surface area contributed by atoms with E-state index in [0.717, 1.165) is 23.6 Å². The number of nitrogens with zero attached hydrogens (tertiary/aromatic N) is 2. The van der Waals surface area contributed by atoms with Gasteiger partial charge in [0.1, 0.15) is 11.5 Å². The van der Waals surface area contributed by atoms with Crippen molar-refractivity contribution in [1.29, 1.82) is 5.26 Å². The Bertz CT molecular complexity index is 454. The molecule has 94 valence electrons. The standard InChI is InChI=1S/C15H18N2O/c1-3-18-11(2)15-7-6-13(10-17-15)14(9-16)8-12-4-5-12/h6-7,10,12,14H,2-5,8H2,1H3/t14-/m1/s1. The zero-order chi connectivity index (χ0) is 13.0. The van der Waals surface area contributed by atoms with Gasteiger partial charge >= 0.3 is 0 Å². The Hall–Kier alpha value is -1.82. The lowest BCUT2D eigenvalue weighted by atomic mass is 9.96. The Morgan fingerprint density at radius 3 is 2.89 bits per heavy atom. The molecule has 0 bridgehead atoms. The fraction of sp³-hybridized carbons (Fsp3) is 0.467. The Kier molecular flexibility index (Phi) is 3.99. The minimum atomic E-state index is -0.0283. The molecule has 0 aliphatic heterocycles. The largest absolute Gasteiger partial charge is 0.492 e. The molecule has 1 saturated carbocycles. The van der Waals surface area contributed by atoms with Crippen LogP contribution in [0.5, 0.6) is 0 Å². The third-order valence-corrected chi connectivity index (χ3v) is 3.21. The summed E-state index contributed by atoms with van der Waals surface area (Å²) in [6.07, 6.45) is 5.27. The highest BCUT2D eigenvalue weighted by Crippen LogP contribution is 2.38. The highest BCUT2D eigenvalue weighted by atomic mass is 16.5. The first-order valence-corrected chi connectivity index (χ1v) is 6.42. The van der Waals surface area contributed by atoms with Crippen molar-refractivity contribution in [2.45, 2.75) is 32.1 Å². The van der Waals surface area contributed by atoms with Crippen LogP contribution in [0.15, 0.2) is 24.9 Å². The summed E-state index contributed by atoms with van der Waals surface area (Å²) >= 11 is 0. The van der Waals surface area contributed by atoms with Crippen molar-refractivity contribution < 1.29 is 4.74 Å². The maximum Gasteiger partial charge on any atom is 0.137 e. The molecule has 3 heteroatoms. The fourth-order valence-corrected chi connectivity index (χ4v) is 1.97. The number of pyridine rings is 1. The van der Waals surface area contributed by atoms with E-state index in [-0.39, 0.29) is 5.92 Å². The van der Waals surface area contributed by atoms with Crippen molar-refractivity contribution in [2.75, 3.05) is 6.61 Å². The van der Waals surface area contributed by atoms with Crippen LogP contribution in [-0.4, -0.2) is 11.6 Å². The molecular weight excluding hydrogens is 224 g/mol. The van der Waals surface area contributed by atoms with Gasteiger partial charge in [0.05, 0.1) is 18.6 Å². The lowest BCUT2D eigenvalue weighted by Crippen LogP contribution is -2.00. The molecule has 18 heavy (non-hydrogen) atoms. The topological polar surface area (TPSA) is 45.9 Å². The molecule has 0 radical (unpaired) electrons. The van der Waals surface area contributed by atoms with E-state index >= 15 is 0 Å². The minimum absolute atomic E-state index is 0.0283. The van der Waals surface area contributed by atoms with Gasteiger partial charge in [-0.2, -0.15) is 5.26 Å². The molecule has 0 unspecified atom stereocenters. The van der Waals surface area contributed by atoms with Gasteiger partial charge in [-0.1, -0.05) is 25.5 Å². The van der Waals surface area contributed by atoms with E-state index < -0.39 is 0 Å². The predicted molar refractivity (Wildman–Crippen MR) is 70.6 cm³/mol. The van der Waals surface area contributed by atoms with Gasteiger partial charge in [-0.05, 0) is 30.9 Å². The van der Waals surface area contributed by atoms with Gasteiger partial charge in [0.2, 0.25) is 0 Å². The van der Waals surface area contributed by atoms with Gasteiger partial charge in [0.25, 0.3) is 0 Å². The van der Waals surface area contributed by atoms with Gasteiger partial charge in [0, 0.05) is 6.20 Å². The Balaban J connectivity index is 2.05. The zero-order valence-corrected chi connectivity index (χ0v) is 10.7. The Morgan fingerprint density at radius 2 is 2.39 bits per heavy atom. The average molecular weight is 242 g/mol. The van der Waals surface area contributed by atoms with E-state index in [1.807, 2.05) is 19.1 Å². The maximum atomic E-state index is 9.20. The third kappa shape index (κ3) is 3.10. The molecule has 1 aliphatic carbocycles. The average Bonchev–Trinajstić information content (AvgIpc) is 3.20. The molecule has 3 nitrogen and oxygen atoms in total. The van der Waals surface area contributed by atoms with Gasteiger partial charge < -0.3 is 4.74 Å². The molecule has 1 aromatic rings. The smallest absolute Gasteiger partial charge is 0.137 e. The summed E-state index contributed by atoms with van der Waals surface area (Å²) in [6.45, 7) is 6.32. The summed E-state index contributed by atoms with van der Waals surface area (Å²) < 4.78 is 5.31. The van der Waals surface area contributed by atoms with E-state index in [0.29, 0.717) is 12.4 Å². The van der Waals surface area contributed by atoms with Gasteiger partial charge in [-0.3, -0.25) is 4.98 Å². The van der Waals surface area contributed by atoms with Crippen LogP contribution in [0.1, 0.15) is 43.4 Å². The third-order valence-electron chi connectivity index (χ3n) is 3.21. The predicted octanol–water partition coefficient (Wildman–Crippen LogP) is 3.50. The molecule has 0 spiro atoms.